The zero-order valence-electron chi connectivity index (χ0n) is 13.1. The van der Waals surface area contributed by atoms with Gasteiger partial charge in [0.2, 0.25) is 0 Å². The standard InChI is InChI=1S/C21H16O3/c22-21-19-9-5-4-8-17(19)18-11-10-16(14-20(18)24-21)23-13-12-15-6-2-1-3-7-15/h1-11,14H,12-13H2. The Bertz CT molecular complexity index is 1050. The first-order chi connectivity index (χ1) is 11.8. The summed E-state index contributed by atoms with van der Waals surface area (Å²) in [6.45, 7) is 0.577. The van der Waals surface area contributed by atoms with Crippen LogP contribution in [0.4, 0.5) is 0 Å². The molecule has 3 heteroatoms. The van der Waals surface area contributed by atoms with Gasteiger partial charge in [-0.1, -0.05) is 48.5 Å². The normalized spacial score (nSPS) is 11.0. The first-order valence-corrected chi connectivity index (χ1v) is 7.93. The predicted molar refractivity (Wildman–Crippen MR) is 95.6 cm³/mol. The highest BCUT2D eigenvalue weighted by Gasteiger charge is 2.07. The third kappa shape index (κ3) is 2.76. The van der Waals surface area contributed by atoms with Crippen LogP contribution in [0.5, 0.6) is 5.75 Å². The van der Waals surface area contributed by atoms with E-state index in [2.05, 4.69) is 12.1 Å². The molecule has 0 atom stereocenters. The Hall–Kier alpha value is -3.07. The molecule has 118 valence electrons. The van der Waals surface area contributed by atoms with Crippen molar-refractivity contribution in [3.8, 4) is 5.75 Å². The molecule has 3 aromatic carbocycles. The van der Waals surface area contributed by atoms with Gasteiger partial charge in [0.15, 0.2) is 0 Å². The maximum atomic E-state index is 12.1. The van der Waals surface area contributed by atoms with Crippen molar-refractivity contribution in [3.63, 3.8) is 0 Å². The minimum Gasteiger partial charge on any atom is -0.493 e. The Labute approximate surface area is 139 Å². The lowest BCUT2D eigenvalue weighted by atomic mass is 10.1. The van der Waals surface area contributed by atoms with Crippen LogP contribution in [0.1, 0.15) is 5.56 Å². The van der Waals surface area contributed by atoms with Crippen LogP contribution in [-0.4, -0.2) is 6.61 Å². The topological polar surface area (TPSA) is 39.4 Å². The van der Waals surface area contributed by atoms with E-state index in [0.29, 0.717) is 23.3 Å². The van der Waals surface area contributed by atoms with E-state index in [1.165, 1.54) is 5.56 Å². The van der Waals surface area contributed by atoms with Crippen molar-refractivity contribution in [1.29, 1.82) is 0 Å². The van der Waals surface area contributed by atoms with E-state index in [9.17, 15) is 4.79 Å². The lowest BCUT2D eigenvalue weighted by molar-refractivity contribution is 0.322. The van der Waals surface area contributed by atoms with Crippen molar-refractivity contribution in [2.45, 2.75) is 6.42 Å². The number of hydrogen-bond acceptors (Lipinski definition) is 3. The molecule has 0 aliphatic carbocycles. The van der Waals surface area contributed by atoms with Crippen LogP contribution in [-0.2, 0) is 6.42 Å². The molecule has 4 rings (SSSR count). The second kappa shape index (κ2) is 6.20. The zero-order chi connectivity index (χ0) is 16.4. The lowest BCUT2D eigenvalue weighted by Crippen LogP contribution is -2.02. The van der Waals surface area contributed by atoms with Crippen molar-refractivity contribution in [2.75, 3.05) is 6.61 Å². The van der Waals surface area contributed by atoms with Crippen LogP contribution in [0.15, 0.2) is 82.0 Å². The summed E-state index contributed by atoms with van der Waals surface area (Å²) in [5.74, 6) is 0.705. The Morgan fingerprint density at radius 2 is 1.54 bits per heavy atom. The first-order valence-electron chi connectivity index (χ1n) is 7.93. The average molecular weight is 316 g/mol. The van der Waals surface area contributed by atoms with Gasteiger partial charge in [-0.2, -0.15) is 0 Å². The van der Waals surface area contributed by atoms with E-state index >= 15 is 0 Å². The fraction of sp³-hybridized carbons (Fsp3) is 0.0952. The molecule has 24 heavy (non-hydrogen) atoms. The van der Waals surface area contributed by atoms with Crippen molar-refractivity contribution in [3.05, 3.63) is 88.8 Å². The lowest BCUT2D eigenvalue weighted by Gasteiger charge is -2.08. The molecule has 1 aromatic heterocycles. The average Bonchev–Trinajstić information content (AvgIpc) is 2.63. The summed E-state index contributed by atoms with van der Waals surface area (Å²) >= 11 is 0. The minimum absolute atomic E-state index is 0.320. The number of rotatable bonds is 4. The summed E-state index contributed by atoms with van der Waals surface area (Å²) in [4.78, 5) is 12.1. The van der Waals surface area contributed by atoms with Crippen LogP contribution < -0.4 is 10.4 Å². The smallest absolute Gasteiger partial charge is 0.344 e. The molecule has 0 N–H and O–H groups in total. The van der Waals surface area contributed by atoms with Gasteiger partial charge < -0.3 is 9.15 Å². The summed E-state index contributed by atoms with van der Waals surface area (Å²) in [6.07, 6.45) is 0.834. The summed E-state index contributed by atoms with van der Waals surface area (Å²) in [6, 6.07) is 23.3. The Morgan fingerprint density at radius 1 is 0.792 bits per heavy atom. The van der Waals surface area contributed by atoms with Gasteiger partial charge in [0, 0.05) is 17.9 Å². The molecule has 0 aliphatic rings. The Morgan fingerprint density at radius 3 is 2.38 bits per heavy atom. The third-order valence-electron chi connectivity index (χ3n) is 4.10. The molecule has 0 saturated heterocycles. The first kappa shape index (κ1) is 14.5. The van der Waals surface area contributed by atoms with Gasteiger partial charge in [-0.25, -0.2) is 4.79 Å². The van der Waals surface area contributed by atoms with E-state index < -0.39 is 0 Å². The molecule has 0 saturated carbocycles. The quantitative estimate of drug-likeness (QED) is 0.409. The molecular formula is C21H16O3. The van der Waals surface area contributed by atoms with Crippen molar-refractivity contribution in [1.82, 2.24) is 0 Å². The molecular weight excluding hydrogens is 300 g/mol. The predicted octanol–water partition coefficient (Wildman–Crippen LogP) is 4.57. The van der Waals surface area contributed by atoms with E-state index in [0.717, 1.165) is 17.2 Å². The van der Waals surface area contributed by atoms with Gasteiger partial charge in [0.05, 0.1) is 12.0 Å². The fourth-order valence-corrected chi connectivity index (χ4v) is 2.88. The maximum Gasteiger partial charge on any atom is 0.344 e. The van der Waals surface area contributed by atoms with Crippen molar-refractivity contribution in [2.24, 2.45) is 0 Å². The maximum absolute atomic E-state index is 12.1. The van der Waals surface area contributed by atoms with Gasteiger partial charge in [0.1, 0.15) is 11.3 Å². The fourth-order valence-electron chi connectivity index (χ4n) is 2.88. The Balaban J connectivity index is 1.61. The summed E-state index contributed by atoms with van der Waals surface area (Å²) in [5.41, 5.74) is 1.46. The number of ether oxygens (including phenoxy) is 1. The van der Waals surface area contributed by atoms with E-state index in [4.69, 9.17) is 9.15 Å². The molecule has 0 amide bonds. The highest BCUT2D eigenvalue weighted by atomic mass is 16.5. The summed E-state index contributed by atoms with van der Waals surface area (Å²) in [7, 11) is 0. The van der Waals surface area contributed by atoms with E-state index in [1.54, 1.807) is 12.1 Å². The Kier molecular flexibility index (Phi) is 3.75. The second-order valence-electron chi connectivity index (χ2n) is 5.68. The molecule has 0 bridgehead atoms. The molecule has 0 spiro atoms. The van der Waals surface area contributed by atoms with Crippen molar-refractivity contribution >= 4 is 21.7 Å². The van der Waals surface area contributed by atoms with Crippen LogP contribution >= 0.6 is 0 Å². The highest BCUT2D eigenvalue weighted by Crippen LogP contribution is 2.26. The van der Waals surface area contributed by atoms with Gasteiger partial charge in [-0.05, 0) is 29.1 Å². The van der Waals surface area contributed by atoms with Gasteiger partial charge >= 0.3 is 5.63 Å². The number of fused-ring (bicyclic) bond motifs is 3. The highest BCUT2D eigenvalue weighted by molar-refractivity contribution is 6.04. The third-order valence-corrected chi connectivity index (χ3v) is 4.10. The van der Waals surface area contributed by atoms with E-state index in [1.807, 2.05) is 48.5 Å². The second-order valence-corrected chi connectivity index (χ2v) is 5.68. The van der Waals surface area contributed by atoms with Crippen LogP contribution in [0.25, 0.3) is 21.7 Å². The SMILES string of the molecule is O=c1oc2cc(OCCc3ccccc3)ccc2c2ccccc12. The monoisotopic (exact) mass is 316 g/mol. The van der Waals surface area contributed by atoms with Gasteiger partial charge in [0.25, 0.3) is 0 Å². The molecule has 1 heterocycles. The van der Waals surface area contributed by atoms with Crippen molar-refractivity contribution < 1.29 is 9.15 Å². The number of benzene rings is 3. The van der Waals surface area contributed by atoms with Crippen LogP contribution in [0.2, 0.25) is 0 Å². The van der Waals surface area contributed by atoms with Gasteiger partial charge in [-0.3, -0.25) is 0 Å². The van der Waals surface area contributed by atoms with Crippen LogP contribution in [0.3, 0.4) is 0 Å². The van der Waals surface area contributed by atoms with Gasteiger partial charge in [-0.15, -0.1) is 0 Å². The molecule has 0 radical (unpaired) electrons. The molecule has 3 nitrogen and oxygen atoms in total. The molecule has 0 aliphatic heterocycles. The molecule has 4 aromatic rings. The largest absolute Gasteiger partial charge is 0.493 e. The molecule has 0 fully saturated rings. The molecule has 0 unspecified atom stereocenters. The summed E-state index contributed by atoms with van der Waals surface area (Å²) < 4.78 is 11.3. The zero-order valence-corrected chi connectivity index (χ0v) is 13.1. The van der Waals surface area contributed by atoms with Crippen LogP contribution in [0, 0.1) is 0 Å². The van der Waals surface area contributed by atoms with E-state index in [-0.39, 0.29) is 5.63 Å². The number of hydrogen-bond donors (Lipinski definition) is 0. The summed E-state index contributed by atoms with van der Waals surface area (Å²) in [5, 5.41) is 2.42. The minimum atomic E-state index is -0.320.